The summed E-state index contributed by atoms with van der Waals surface area (Å²) in [5.41, 5.74) is 2.23. The van der Waals surface area contributed by atoms with Crippen LogP contribution in [0.25, 0.3) is 0 Å². The van der Waals surface area contributed by atoms with Crippen molar-refractivity contribution in [2.24, 2.45) is 0 Å². The van der Waals surface area contributed by atoms with Crippen molar-refractivity contribution in [1.29, 1.82) is 0 Å². The molecule has 2 N–H and O–H groups in total. The van der Waals surface area contributed by atoms with Crippen molar-refractivity contribution in [3.8, 4) is 11.5 Å². The first-order chi connectivity index (χ1) is 12.8. The molecule has 0 radical (unpaired) electrons. The monoisotopic (exact) mass is 409 g/mol. The fraction of sp³-hybridized carbons (Fsp3) is 0.278. The smallest absolute Gasteiger partial charge is 0.276 e. The van der Waals surface area contributed by atoms with Crippen LogP contribution in [0.2, 0.25) is 5.02 Å². The first-order valence-electron chi connectivity index (χ1n) is 8.06. The summed E-state index contributed by atoms with van der Waals surface area (Å²) in [7, 11) is 2.92. The van der Waals surface area contributed by atoms with E-state index in [1.807, 2.05) is 19.1 Å². The van der Waals surface area contributed by atoms with Gasteiger partial charge in [-0.2, -0.15) is 0 Å². The number of halogens is 1. The van der Waals surface area contributed by atoms with Gasteiger partial charge in [0.2, 0.25) is 0 Å². The first-order valence-corrected chi connectivity index (χ1v) is 8.84. The number of hydrogen-bond acceptors (Lipinski definition) is 5. The molecule has 0 unspecified atom stereocenters. The Labute approximate surface area is 167 Å². The van der Waals surface area contributed by atoms with Gasteiger partial charge >= 0.3 is 0 Å². The number of hydrogen-bond donors (Lipinski definition) is 2. The van der Waals surface area contributed by atoms with Gasteiger partial charge in [-0.25, -0.2) is 0 Å². The molecule has 9 heteroatoms. The Balaban J connectivity index is 2.02. The molecule has 0 aliphatic heterocycles. The van der Waals surface area contributed by atoms with Crippen LogP contribution < -0.4 is 20.1 Å². The molecule has 2 aromatic rings. The minimum absolute atomic E-state index is 0.0290. The van der Waals surface area contributed by atoms with E-state index in [9.17, 15) is 10.1 Å². The summed E-state index contributed by atoms with van der Waals surface area (Å²) in [4.78, 5) is 10.9. The molecule has 0 atom stereocenters. The Morgan fingerprint density at radius 2 is 1.89 bits per heavy atom. The fourth-order valence-corrected chi connectivity index (χ4v) is 2.84. The number of ether oxygens (including phenoxy) is 2. The molecule has 0 bridgehead atoms. The van der Waals surface area contributed by atoms with Crippen LogP contribution in [-0.2, 0) is 6.42 Å². The third kappa shape index (κ3) is 5.45. The fourth-order valence-electron chi connectivity index (χ4n) is 2.44. The summed E-state index contributed by atoms with van der Waals surface area (Å²) in [5.74, 6) is 0.752. The number of anilines is 1. The molecule has 2 rings (SSSR count). The Bertz CT molecular complexity index is 861. The Hall–Kier alpha value is -2.58. The van der Waals surface area contributed by atoms with Crippen LogP contribution in [0.5, 0.6) is 11.5 Å². The zero-order chi connectivity index (χ0) is 20.0. The summed E-state index contributed by atoms with van der Waals surface area (Å²) < 4.78 is 10.3. The van der Waals surface area contributed by atoms with Gasteiger partial charge in [0.25, 0.3) is 5.69 Å². The van der Waals surface area contributed by atoms with Crippen LogP contribution in [0.4, 0.5) is 11.4 Å². The number of benzene rings is 2. The molecule has 0 saturated carbocycles. The van der Waals surface area contributed by atoms with E-state index >= 15 is 0 Å². The molecule has 0 fully saturated rings. The van der Waals surface area contributed by atoms with Crippen molar-refractivity contribution in [3.05, 3.63) is 56.6 Å². The zero-order valence-electron chi connectivity index (χ0n) is 15.2. The number of aryl methyl sites for hydroxylation is 1. The van der Waals surface area contributed by atoms with Crippen molar-refractivity contribution in [2.45, 2.75) is 13.3 Å². The average molecular weight is 410 g/mol. The van der Waals surface area contributed by atoms with Crippen LogP contribution in [0.15, 0.2) is 30.3 Å². The van der Waals surface area contributed by atoms with E-state index in [-0.39, 0.29) is 5.69 Å². The van der Waals surface area contributed by atoms with Gasteiger partial charge in [0.1, 0.15) is 0 Å². The van der Waals surface area contributed by atoms with Gasteiger partial charge in [0.15, 0.2) is 16.6 Å². The van der Waals surface area contributed by atoms with Crippen molar-refractivity contribution in [3.63, 3.8) is 0 Å². The molecule has 0 aliphatic carbocycles. The minimum Gasteiger partial charge on any atom is -0.493 e. The minimum atomic E-state index is -0.442. The van der Waals surface area contributed by atoms with E-state index in [2.05, 4.69) is 10.6 Å². The van der Waals surface area contributed by atoms with Gasteiger partial charge < -0.3 is 20.1 Å². The van der Waals surface area contributed by atoms with Crippen LogP contribution in [0.1, 0.15) is 11.1 Å². The molecule has 0 spiro atoms. The highest BCUT2D eigenvalue weighted by Gasteiger charge is 2.19. The highest BCUT2D eigenvalue weighted by atomic mass is 35.5. The Morgan fingerprint density at radius 1 is 1.22 bits per heavy atom. The lowest BCUT2D eigenvalue weighted by molar-refractivity contribution is -0.385. The number of nitro groups is 1. The quantitative estimate of drug-likeness (QED) is 0.404. The lowest BCUT2D eigenvalue weighted by Crippen LogP contribution is -2.30. The first kappa shape index (κ1) is 20.7. The second kappa shape index (κ2) is 9.38. The number of methoxy groups -OCH3 is 2. The van der Waals surface area contributed by atoms with Gasteiger partial charge in [-0.1, -0.05) is 17.7 Å². The van der Waals surface area contributed by atoms with Crippen molar-refractivity contribution in [2.75, 3.05) is 26.1 Å². The number of rotatable bonds is 7. The molecule has 144 valence electrons. The van der Waals surface area contributed by atoms with Crippen molar-refractivity contribution in [1.82, 2.24) is 5.32 Å². The maximum Gasteiger partial charge on any atom is 0.276 e. The lowest BCUT2D eigenvalue weighted by Gasteiger charge is -2.13. The van der Waals surface area contributed by atoms with Gasteiger partial charge in [0, 0.05) is 22.8 Å². The normalized spacial score (nSPS) is 10.2. The predicted molar refractivity (Wildman–Crippen MR) is 110 cm³/mol. The summed E-state index contributed by atoms with van der Waals surface area (Å²) in [6, 6.07) is 8.51. The van der Waals surface area contributed by atoms with Crippen molar-refractivity contribution >= 4 is 40.3 Å². The highest BCUT2D eigenvalue weighted by Crippen LogP contribution is 2.34. The topological polar surface area (TPSA) is 85.7 Å². The molecule has 2 aromatic carbocycles. The van der Waals surface area contributed by atoms with Crippen LogP contribution >= 0.6 is 23.8 Å². The van der Waals surface area contributed by atoms with E-state index in [1.165, 1.54) is 20.3 Å². The molecule has 0 saturated heterocycles. The lowest BCUT2D eigenvalue weighted by atomic mass is 10.1. The van der Waals surface area contributed by atoms with E-state index in [0.29, 0.717) is 40.2 Å². The van der Waals surface area contributed by atoms with Crippen molar-refractivity contribution < 1.29 is 14.4 Å². The Morgan fingerprint density at radius 3 is 2.48 bits per heavy atom. The van der Waals surface area contributed by atoms with Gasteiger partial charge in [0.05, 0.1) is 25.2 Å². The molecular formula is C18H20ClN3O4S. The largest absolute Gasteiger partial charge is 0.493 e. The van der Waals surface area contributed by atoms with Gasteiger partial charge in [-0.05, 0) is 49.3 Å². The summed E-state index contributed by atoms with van der Waals surface area (Å²) in [6.07, 6.45) is 0.382. The molecule has 0 aromatic heterocycles. The second-order valence-corrected chi connectivity index (χ2v) is 6.50. The number of thiocarbonyl (C=S) groups is 1. The molecule has 7 nitrogen and oxygen atoms in total. The van der Waals surface area contributed by atoms with Gasteiger partial charge in [-0.15, -0.1) is 0 Å². The number of nitrogens with zero attached hydrogens (tertiary/aromatic N) is 1. The molecule has 0 heterocycles. The molecule has 0 aliphatic rings. The van der Waals surface area contributed by atoms with Crippen LogP contribution in [0.3, 0.4) is 0 Å². The summed E-state index contributed by atoms with van der Waals surface area (Å²) in [6.45, 7) is 2.32. The van der Waals surface area contributed by atoms with E-state index in [1.54, 1.807) is 12.1 Å². The van der Waals surface area contributed by atoms with Crippen LogP contribution in [0, 0.1) is 17.0 Å². The highest BCUT2D eigenvalue weighted by molar-refractivity contribution is 7.80. The summed E-state index contributed by atoms with van der Waals surface area (Å²) >= 11 is 11.3. The average Bonchev–Trinajstić information content (AvgIpc) is 2.64. The number of nitrogens with one attached hydrogen (secondary N) is 2. The second-order valence-electron chi connectivity index (χ2n) is 5.69. The van der Waals surface area contributed by atoms with E-state index in [0.717, 1.165) is 11.3 Å². The van der Waals surface area contributed by atoms with Gasteiger partial charge in [-0.3, -0.25) is 10.1 Å². The van der Waals surface area contributed by atoms with E-state index < -0.39 is 4.92 Å². The zero-order valence-corrected chi connectivity index (χ0v) is 16.7. The number of nitro benzene ring substituents is 1. The Kier molecular flexibility index (Phi) is 7.20. The van der Waals surface area contributed by atoms with Crippen LogP contribution in [-0.4, -0.2) is 30.8 Å². The SMILES string of the molecule is COc1cc(CCNC(=S)Nc2ccc(C)c(Cl)c2)c([N+](=O)[O-])cc1OC. The molecule has 27 heavy (non-hydrogen) atoms. The third-order valence-electron chi connectivity index (χ3n) is 3.89. The third-order valence-corrected chi connectivity index (χ3v) is 4.54. The summed E-state index contributed by atoms with van der Waals surface area (Å²) in [5, 5.41) is 18.4. The predicted octanol–water partition coefficient (Wildman–Crippen LogP) is 4.10. The standard InChI is InChI=1S/C18H20ClN3O4S/c1-11-4-5-13(9-14(11)19)21-18(27)20-7-6-12-8-16(25-2)17(26-3)10-15(12)22(23)24/h4-5,8-10H,6-7H2,1-3H3,(H2,20,21,27). The maximum absolute atomic E-state index is 11.3. The molecule has 0 amide bonds. The molecular weight excluding hydrogens is 390 g/mol. The van der Waals surface area contributed by atoms with E-state index in [4.69, 9.17) is 33.3 Å². The maximum atomic E-state index is 11.3.